The van der Waals surface area contributed by atoms with Crippen LogP contribution in [0.3, 0.4) is 0 Å². The van der Waals surface area contributed by atoms with E-state index in [1.165, 1.54) is 43.5 Å². The van der Waals surface area contributed by atoms with Crippen LogP contribution in [-0.4, -0.2) is 6.04 Å². The second-order valence-corrected chi connectivity index (χ2v) is 5.84. The molecule has 2 aromatic rings. The first-order valence-corrected chi connectivity index (χ1v) is 7.74. The number of nitrogen functional groups attached to an aromatic ring is 2. The molecule has 0 aliphatic heterocycles. The third-order valence-electron chi connectivity index (χ3n) is 4.28. The molecule has 0 atom stereocenters. The van der Waals surface area contributed by atoms with Gasteiger partial charge in [-0.25, -0.2) is 0 Å². The number of hydrogen-bond donors (Lipinski definition) is 2. The van der Waals surface area contributed by atoms with Crippen molar-refractivity contribution >= 4 is 47.6 Å². The Bertz CT molecular complexity index is 533. The summed E-state index contributed by atoms with van der Waals surface area (Å²) in [5, 5.41) is 0. The SMILES string of the molecule is Cl.Cl.Nc1ccc(N(c2ccc(N)cc2)C2CCCCC2)cc1. The van der Waals surface area contributed by atoms with E-state index >= 15 is 0 Å². The zero-order chi connectivity index (χ0) is 14.7. The van der Waals surface area contributed by atoms with Crippen molar-refractivity contribution in [3.8, 4) is 0 Å². The summed E-state index contributed by atoms with van der Waals surface area (Å²) in [5.74, 6) is 0. The molecule has 0 amide bonds. The molecule has 1 saturated carbocycles. The Labute approximate surface area is 150 Å². The molecule has 0 unspecified atom stereocenters. The number of hydrogen-bond acceptors (Lipinski definition) is 3. The molecule has 0 spiro atoms. The number of anilines is 4. The third kappa shape index (κ3) is 4.69. The zero-order valence-corrected chi connectivity index (χ0v) is 14.8. The Kier molecular flexibility index (Phi) is 7.53. The summed E-state index contributed by atoms with van der Waals surface area (Å²) in [5.41, 5.74) is 15.7. The maximum absolute atomic E-state index is 5.83. The summed E-state index contributed by atoms with van der Waals surface area (Å²) in [4.78, 5) is 2.44. The van der Waals surface area contributed by atoms with E-state index in [-0.39, 0.29) is 24.8 Å². The number of benzene rings is 2. The minimum absolute atomic E-state index is 0. The monoisotopic (exact) mass is 353 g/mol. The highest BCUT2D eigenvalue weighted by molar-refractivity contribution is 5.85. The van der Waals surface area contributed by atoms with E-state index < -0.39 is 0 Å². The van der Waals surface area contributed by atoms with Crippen molar-refractivity contribution in [3.05, 3.63) is 48.5 Å². The lowest BCUT2D eigenvalue weighted by molar-refractivity contribution is 0.436. The molecule has 4 N–H and O–H groups in total. The van der Waals surface area contributed by atoms with Gasteiger partial charge in [-0.15, -0.1) is 24.8 Å². The van der Waals surface area contributed by atoms with E-state index in [9.17, 15) is 0 Å². The fourth-order valence-corrected chi connectivity index (χ4v) is 3.18. The molecule has 3 nitrogen and oxygen atoms in total. The molecular formula is C18H25Cl2N3. The summed E-state index contributed by atoms with van der Waals surface area (Å²) in [7, 11) is 0. The van der Waals surface area contributed by atoms with Crippen LogP contribution in [-0.2, 0) is 0 Å². The van der Waals surface area contributed by atoms with Crippen molar-refractivity contribution in [2.75, 3.05) is 16.4 Å². The van der Waals surface area contributed by atoms with Crippen molar-refractivity contribution in [1.82, 2.24) is 0 Å². The Balaban J connectivity index is 0.00000132. The van der Waals surface area contributed by atoms with Crippen molar-refractivity contribution in [2.24, 2.45) is 0 Å². The zero-order valence-electron chi connectivity index (χ0n) is 13.2. The van der Waals surface area contributed by atoms with Crippen molar-refractivity contribution < 1.29 is 0 Å². The highest BCUT2D eigenvalue weighted by Crippen LogP contribution is 2.34. The topological polar surface area (TPSA) is 55.3 Å². The van der Waals surface area contributed by atoms with Gasteiger partial charge in [0.2, 0.25) is 0 Å². The minimum Gasteiger partial charge on any atom is -0.399 e. The van der Waals surface area contributed by atoms with Crippen LogP contribution < -0.4 is 16.4 Å². The molecular weight excluding hydrogens is 329 g/mol. The van der Waals surface area contributed by atoms with E-state index in [4.69, 9.17) is 11.5 Å². The van der Waals surface area contributed by atoms with Crippen LogP contribution in [0.5, 0.6) is 0 Å². The lowest BCUT2D eigenvalue weighted by atomic mass is 9.93. The van der Waals surface area contributed by atoms with Crippen LogP contribution in [0.4, 0.5) is 22.7 Å². The van der Waals surface area contributed by atoms with E-state index in [1.807, 2.05) is 24.3 Å². The lowest BCUT2D eigenvalue weighted by Gasteiger charge is -2.36. The van der Waals surface area contributed by atoms with Gasteiger partial charge in [0.15, 0.2) is 0 Å². The summed E-state index contributed by atoms with van der Waals surface area (Å²) in [6.07, 6.45) is 6.47. The minimum atomic E-state index is 0. The summed E-state index contributed by atoms with van der Waals surface area (Å²) in [6.45, 7) is 0. The first-order chi connectivity index (χ1) is 10.2. The third-order valence-corrected chi connectivity index (χ3v) is 4.28. The predicted octanol–water partition coefficient (Wildman–Crippen LogP) is 5.17. The predicted molar refractivity (Wildman–Crippen MR) is 105 cm³/mol. The second kappa shape index (κ2) is 8.90. The molecule has 1 aliphatic rings. The van der Waals surface area contributed by atoms with Crippen LogP contribution >= 0.6 is 24.8 Å². The smallest absolute Gasteiger partial charge is 0.0414 e. The van der Waals surface area contributed by atoms with Gasteiger partial charge in [0.1, 0.15) is 0 Å². The van der Waals surface area contributed by atoms with E-state index in [2.05, 4.69) is 29.2 Å². The van der Waals surface area contributed by atoms with E-state index in [1.54, 1.807) is 0 Å². The molecule has 0 saturated heterocycles. The summed E-state index contributed by atoms with van der Waals surface area (Å²) in [6, 6.07) is 16.9. The van der Waals surface area contributed by atoms with E-state index in [0.717, 1.165) is 11.4 Å². The Hall–Kier alpha value is -1.58. The highest BCUT2D eigenvalue weighted by Gasteiger charge is 2.22. The molecule has 0 heterocycles. The fourth-order valence-electron chi connectivity index (χ4n) is 3.18. The number of rotatable bonds is 3. The average molecular weight is 354 g/mol. The number of nitrogens with zero attached hydrogens (tertiary/aromatic N) is 1. The molecule has 126 valence electrons. The van der Waals surface area contributed by atoms with Crippen LogP contribution in [0.1, 0.15) is 32.1 Å². The molecule has 0 radical (unpaired) electrons. The fraction of sp³-hybridized carbons (Fsp3) is 0.333. The molecule has 1 aliphatic carbocycles. The van der Waals surface area contributed by atoms with Gasteiger partial charge >= 0.3 is 0 Å². The Morgan fingerprint density at radius 1 is 0.652 bits per heavy atom. The maximum atomic E-state index is 5.83. The van der Waals surface area contributed by atoms with Gasteiger partial charge in [0.05, 0.1) is 0 Å². The average Bonchev–Trinajstić information content (AvgIpc) is 2.52. The first kappa shape index (κ1) is 19.5. The van der Waals surface area contributed by atoms with Crippen LogP contribution in [0.15, 0.2) is 48.5 Å². The van der Waals surface area contributed by atoms with Crippen molar-refractivity contribution in [3.63, 3.8) is 0 Å². The first-order valence-electron chi connectivity index (χ1n) is 7.74. The van der Waals surface area contributed by atoms with Gasteiger partial charge < -0.3 is 16.4 Å². The molecule has 0 bridgehead atoms. The largest absolute Gasteiger partial charge is 0.399 e. The van der Waals surface area contributed by atoms with Gasteiger partial charge in [0, 0.05) is 28.8 Å². The standard InChI is InChI=1S/C18H23N3.2ClH/c19-14-6-10-17(11-7-14)21(16-4-2-1-3-5-16)18-12-8-15(20)9-13-18;;/h6-13,16H,1-5,19-20H2;2*1H. The van der Waals surface area contributed by atoms with E-state index in [0.29, 0.717) is 6.04 Å². The van der Waals surface area contributed by atoms with Gasteiger partial charge in [-0.3, -0.25) is 0 Å². The highest BCUT2D eigenvalue weighted by atomic mass is 35.5. The summed E-state index contributed by atoms with van der Waals surface area (Å²) < 4.78 is 0. The van der Waals surface area contributed by atoms with Crippen molar-refractivity contribution in [2.45, 2.75) is 38.1 Å². The quantitative estimate of drug-likeness (QED) is 0.748. The summed E-state index contributed by atoms with van der Waals surface area (Å²) >= 11 is 0. The van der Waals surface area contributed by atoms with Gasteiger partial charge in [0.25, 0.3) is 0 Å². The molecule has 3 rings (SSSR count). The normalized spacial score (nSPS) is 14.4. The maximum Gasteiger partial charge on any atom is 0.0414 e. The lowest BCUT2D eigenvalue weighted by Crippen LogP contribution is -2.32. The molecule has 0 aromatic heterocycles. The van der Waals surface area contributed by atoms with Crippen LogP contribution in [0.25, 0.3) is 0 Å². The van der Waals surface area contributed by atoms with Crippen LogP contribution in [0.2, 0.25) is 0 Å². The molecule has 23 heavy (non-hydrogen) atoms. The Morgan fingerprint density at radius 2 is 1.04 bits per heavy atom. The molecule has 5 heteroatoms. The van der Waals surface area contributed by atoms with Gasteiger partial charge in [-0.05, 0) is 61.4 Å². The molecule has 2 aromatic carbocycles. The second-order valence-electron chi connectivity index (χ2n) is 5.84. The Morgan fingerprint density at radius 3 is 1.43 bits per heavy atom. The van der Waals surface area contributed by atoms with Crippen molar-refractivity contribution in [1.29, 1.82) is 0 Å². The number of halogens is 2. The van der Waals surface area contributed by atoms with Gasteiger partial charge in [-0.2, -0.15) is 0 Å². The number of nitrogens with two attached hydrogens (primary N) is 2. The van der Waals surface area contributed by atoms with Gasteiger partial charge in [-0.1, -0.05) is 19.3 Å². The molecule has 1 fully saturated rings. The van der Waals surface area contributed by atoms with Crippen LogP contribution in [0, 0.1) is 0 Å².